The van der Waals surface area contributed by atoms with Gasteiger partial charge in [-0.2, -0.15) is 0 Å². The summed E-state index contributed by atoms with van der Waals surface area (Å²) in [6, 6.07) is 16.2. The highest BCUT2D eigenvalue weighted by atomic mass is 32.1. The monoisotopic (exact) mass is 351 g/mol. The van der Waals surface area contributed by atoms with Crippen LogP contribution in [-0.4, -0.2) is 24.0 Å². The van der Waals surface area contributed by atoms with Crippen LogP contribution in [0.3, 0.4) is 0 Å². The molecule has 1 unspecified atom stereocenters. The fraction of sp³-hybridized carbons (Fsp3) is 0.300. The molecule has 2 aromatic carbocycles. The molecule has 1 aliphatic rings. The van der Waals surface area contributed by atoms with E-state index in [1.165, 1.54) is 10.3 Å². The molecular weight excluding hydrogens is 330 g/mol. The number of anilines is 2. The third-order valence-corrected chi connectivity index (χ3v) is 5.76. The Morgan fingerprint density at radius 1 is 1.20 bits per heavy atom. The SMILES string of the molecule is Cc1ccc(NC(=O)C2CCCN(c3nc4ccccc4s3)C2)cc1. The second-order valence-electron chi connectivity index (χ2n) is 6.60. The number of nitrogens with zero attached hydrogens (tertiary/aromatic N) is 2. The first kappa shape index (κ1) is 16.1. The molecular formula is C20H21N3OS. The van der Waals surface area contributed by atoms with Crippen molar-refractivity contribution in [1.29, 1.82) is 0 Å². The van der Waals surface area contributed by atoms with Crippen LogP contribution >= 0.6 is 11.3 Å². The lowest BCUT2D eigenvalue weighted by molar-refractivity contribution is -0.120. The lowest BCUT2D eigenvalue weighted by atomic mass is 9.97. The van der Waals surface area contributed by atoms with Crippen molar-refractivity contribution in [2.45, 2.75) is 19.8 Å². The highest BCUT2D eigenvalue weighted by molar-refractivity contribution is 7.22. The second-order valence-corrected chi connectivity index (χ2v) is 7.61. The molecule has 2 heterocycles. The number of fused-ring (bicyclic) bond motifs is 1. The summed E-state index contributed by atoms with van der Waals surface area (Å²) in [4.78, 5) is 19.6. The van der Waals surface area contributed by atoms with Gasteiger partial charge in [0.05, 0.1) is 16.1 Å². The molecule has 4 nitrogen and oxygen atoms in total. The molecule has 0 spiro atoms. The summed E-state index contributed by atoms with van der Waals surface area (Å²) in [5.41, 5.74) is 3.10. The zero-order valence-corrected chi connectivity index (χ0v) is 15.1. The molecule has 0 radical (unpaired) electrons. The number of hydrogen-bond donors (Lipinski definition) is 1. The number of carbonyl (C=O) groups excluding carboxylic acids is 1. The first-order valence-corrected chi connectivity index (χ1v) is 9.49. The molecule has 1 aliphatic heterocycles. The van der Waals surface area contributed by atoms with Crippen LogP contribution in [0, 0.1) is 12.8 Å². The van der Waals surface area contributed by atoms with Crippen LogP contribution in [0.15, 0.2) is 48.5 Å². The van der Waals surface area contributed by atoms with E-state index in [0.717, 1.165) is 42.3 Å². The van der Waals surface area contributed by atoms with E-state index in [0.29, 0.717) is 0 Å². The van der Waals surface area contributed by atoms with E-state index < -0.39 is 0 Å². The zero-order valence-electron chi connectivity index (χ0n) is 14.2. The first-order valence-electron chi connectivity index (χ1n) is 8.67. The van der Waals surface area contributed by atoms with Crippen molar-refractivity contribution < 1.29 is 4.79 Å². The zero-order chi connectivity index (χ0) is 17.2. The molecule has 1 aromatic heterocycles. The van der Waals surface area contributed by atoms with Gasteiger partial charge in [-0.1, -0.05) is 41.2 Å². The highest BCUT2D eigenvalue weighted by Gasteiger charge is 2.27. The van der Waals surface area contributed by atoms with E-state index in [1.807, 2.05) is 49.4 Å². The number of carbonyl (C=O) groups is 1. The predicted octanol–water partition coefficient (Wildman–Crippen LogP) is 4.46. The lowest BCUT2D eigenvalue weighted by Gasteiger charge is -2.31. The number of aromatic nitrogens is 1. The Labute approximate surface area is 151 Å². The van der Waals surface area contributed by atoms with Crippen LogP contribution in [0.1, 0.15) is 18.4 Å². The van der Waals surface area contributed by atoms with Crippen LogP contribution in [0.2, 0.25) is 0 Å². The molecule has 25 heavy (non-hydrogen) atoms. The van der Waals surface area contributed by atoms with Crippen molar-refractivity contribution in [2.24, 2.45) is 5.92 Å². The van der Waals surface area contributed by atoms with Gasteiger partial charge in [-0.15, -0.1) is 0 Å². The van der Waals surface area contributed by atoms with Gasteiger partial charge < -0.3 is 10.2 Å². The average molecular weight is 351 g/mol. The van der Waals surface area contributed by atoms with Gasteiger partial charge in [0.15, 0.2) is 5.13 Å². The smallest absolute Gasteiger partial charge is 0.229 e. The number of benzene rings is 2. The molecule has 1 fully saturated rings. The summed E-state index contributed by atoms with van der Waals surface area (Å²) in [5.74, 6) is 0.108. The highest BCUT2D eigenvalue weighted by Crippen LogP contribution is 2.31. The number of hydrogen-bond acceptors (Lipinski definition) is 4. The fourth-order valence-electron chi connectivity index (χ4n) is 3.24. The molecule has 0 bridgehead atoms. The summed E-state index contributed by atoms with van der Waals surface area (Å²) >= 11 is 1.71. The summed E-state index contributed by atoms with van der Waals surface area (Å²) < 4.78 is 1.20. The van der Waals surface area contributed by atoms with Crippen molar-refractivity contribution in [3.8, 4) is 0 Å². The minimum atomic E-state index is 0.00191. The van der Waals surface area contributed by atoms with Crippen molar-refractivity contribution in [3.63, 3.8) is 0 Å². The molecule has 0 saturated carbocycles. The number of amides is 1. The second kappa shape index (κ2) is 6.84. The van der Waals surface area contributed by atoms with Crippen molar-refractivity contribution in [2.75, 3.05) is 23.3 Å². The Morgan fingerprint density at radius 2 is 2.00 bits per heavy atom. The van der Waals surface area contributed by atoms with Gasteiger partial charge in [-0.3, -0.25) is 4.79 Å². The maximum Gasteiger partial charge on any atom is 0.229 e. The van der Waals surface area contributed by atoms with E-state index >= 15 is 0 Å². The Hall–Kier alpha value is -2.40. The Kier molecular flexibility index (Phi) is 4.40. The van der Waals surface area contributed by atoms with Crippen LogP contribution in [0.5, 0.6) is 0 Å². The number of rotatable bonds is 3. The maximum atomic E-state index is 12.6. The van der Waals surface area contributed by atoms with Crippen LogP contribution in [0.4, 0.5) is 10.8 Å². The van der Waals surface area contributed by atoms with Gasteiger partial charge in [0.1, 0.15) is 0 Å². The third kappa shape index (κ3) is 3.51. The molecule has 3 aromatic rings. The van der Waals surface area contributed by atoms with Crippen LogP contribution < -0.4 is 10.2 Å². The summed E-state index contributed by atoms with van der Waals surface area (Å²) in [7, 11) is 0. The normalized spacial score (nSPS) is 17.6. The summed E-state index contributed by atoms with van der Waals surface area (Å²) in [6.45, 7) is 3.74. The molecule has 0 aliphatic carbocycles. The maximum absolute atomic E-state index is 12.6. The number of piperidine rings is 1. The van der Waals surface area contributed by atoms with Gasteiger partial charge in [0, 0.05) is 18.8 Å². The Bertz CT molecular complexity index is 854. The van der Waals surface area contributed by atoms with Gasteiger partial charge in [-0.05, 0) is 44.0 Å². The molecule has 1 amide bonds. The third-order valence-electron chi connectivity index (χ3n) is 4.66. The average Bonchev–Trinajstić information content (AvgIpc) is 3.08. The number of nitrogens with one attached hydrogen (secondary N) is 1. The van der Waals surface area contributed by atoms with E-state index in [-0.39, 0.29) is 11.8 Å². The van der Waals surface area contributed by atoms with Crippen LogP contribution in [0.25, 0.3) is 10.2 Å². The van der Waals surface area contributed by atoms with E-state index in [2.05, 4.69) is 16.3 Å². The minimum absolute atomic E-state index is 0.00191. The van der Waals surface area contributed by atoms with Crippen molar-refractivity contribution in [1.82, 2.24) is 4.98 Å². The molecule has 1 N–H and O–H groups in total. The predicted molar refractivity (Wildman–Crippen MR) is 104 cm³/mol. The van der Waals surface area contributed by atoms with Gasteiger partial charge in [-0.25, -0.2) is 4.98 Å². The topological polar surface area (TPSA) is 45.2 Å². The molecule has 5 heteroatoms. The number of aryl methyl sites for hydroxylation is 1. The summed E-state index contributed by atoms with van der Waals surface area (Å²) in [5, 5.41) is 4.08. The van der Waals surface area contributed by atoms with Gasteiger partial charge >= 0.3 is 0 Å². The van der Waals surface area contributed by atoms with Crippen molar-refractivity contribution in [3.05, 3.63) is 54.1 Å². The molecule has 1 saturated heterocycles. The van der Waals surface area contributed by atoms with E-state index in [1.54, 1.807) is 11.3 Å². The lowest BCUT2D eigenvalue weighted by Crippen LogP contribution is -2.40. The standard InChI is InChI=1S/C20H21N3OS/c1-14-8-10-16(11-9-14)21-19(24)15-5-4-12-23(13-15)20-22-17-6-2-3-7-18(17)25-20/h2-3,6-11,15H,4-5,12-13H2,1H3,(H,21,24). The molecule has 1 atom stereocenters. The Morgan fingerprint density at radius 3 is 2.80 bits per heavy atom. The molecule has 4 rings (SSSR count). The van der Waals surface area contributed by atoms with E-state index in [4.69, 9.17) is 4.98 Å². The van der Waals surface area contributed by atoms with Crippen LogP contribution in [-0.2, 0) is 4.79 Å². The van der Waals surface area contributed by atoms with Gasteiger partial charge in [0.2, 0.25) is 5.91 Å². The molecule has 128 valence electrons. The quantitative estimate of drug-likeness (QED) is 0.758. The van der Waals surface area contributed by atoms with Gasteiger partial charge in [0.25, 0.3) is 0 Å². The Balaban J connectivity index is 1.46. The number of para-hydroxylation sites is 1. The minimum Gasteiger partial charge on any atom is -0.347 e. The first-order chi connectivity index (χ1) is 12.2. The van der Waals surface area contributed by atoms with Crippen molar-refractivity contribution >= 4 is 38.3 Å². The number of thiazole rings is 1. The van der Waals surface area contributed by atoms with E-state index in [9.17, 15) is 4.79 Å². The fourth-order valence-corrected chi connectivity index (χ4v) is 4.24. The largest absolute Gasteiger partial charge is 0.347 e. The summed E-state index contributed by atoms with van der Waals surface area (Å²) in [6.07, 6.45) is 1.95.